The second-order valence-electron chi connectivity index (χ2n) is 7.71. The Morgan fingerprint density at radius 3 is 2.52 bits per heavy atom. The molecule has 0 unspecified atom stereocenters. The predicted molar refractivity (Wildman–Crippen MR) is 115 cm³/mol. The number of rotatable bonds is 5. The van der Waals surface area contributed by atoms with Gasteiger partial charge in [0.2, 0.25) is 0 Å². The Balaban J connectivity index is 1.55. The number of aromatic nitrogens is 2. The van der Waals surface area contributed by atoms with Crippen molar-refractivity contribution in [2.24, 2.45) is 0 Å². The summed E-state index contributed by atoms with van der Waals surface area (Å²) in [6.45, 7) is 6.35. The minimum Gasteiger partial charge on any atom is -0.350 e. The minimum atomic E-state index is -0.0356. The van der Waals surface area contributed by atoms with Crippen molar-refractivity contribution in [2.45, 2.75) is 39.4 Å². The molecule has 0 bridgehead atoms. The van der Waals surface area contributed by atoms with Crippen LogP contribution < -0.4 is 4.90 Å². The third-order valence-corrected chi connectivity index (χ3v) is 5.40. The van der Waals surface area contributed by atoms with Crippen molar-refractivity contribution in [3.05, 3.63) is 89.4 Å². The van der Waals surface area contributed by atoms with Crippen LogP contribution in [0.15, 0.2) is 67.0 Å². The first kappa shape index (κ1) is 19.1. The first-order chi connectivity index (χ1) is 14.1. The van der Waals surface area contributed by atoms with Gasteiger partial charge in [0.1, 0.15) is 17.8 Å². The summed E-state index contributed by atoms with van der Waals surface area (Å²) in [5.41, 5.74) is 4.21. The van der Waals surface area contributed by atoms with Crippen LogP contribution in [-0.4, -0.2) is 33.4 Å². The second-order valence-corrected chi connectivity index (χ2v) is 7.71. The number of carbonyl (C=O) groups excluding carboxylic acids is 1. The average Bonchev–Trinajstić information content (AvgIpc) is 2.77. The molecule has 1 aliphatic heterocycles. The first-order valence-electron chi connectivity index (χ1n) is 10.1. The van der Waals surface area contributed by atoms with Crippen molar-refractivity contribution in [2.75, 3.05) is 11.4 Å². The van der Waals surface area contributed by atoms with E-state index >= 15 is 0 Å². The molecule has 0 spiro atoms. The molecule has 2 heterocycles. The zero-order valence-electron chi connectivity index (χ0n) is 17.0. The van der Waals surface area contributed by atoms with Crippen molar-refractivity contribution >= 4 is 11.7 Å². The van der Waals surface area contributed by atoms with Crippen molar-refractivity contribution in [3.8, 4) is 0 Å². The van der Waals surface area contributed by atoms with E-state index in [2.05, 4.69) is 59.0 Å². The predicted octanol–water partition coefficient (Wildman–Crippen LogP) is 4.09. The van der Waals surface area contributed by atoms with Gasteiger partial charge in [-0.1, -0.05) is 54.6 Å². The van der Waals surface area contributed by atoms with Crippen LogP contribution >= 0.6 is 0 Å². The Labute approximate surface area is 172 Å². The number of anilines is 1. The Kier molecular flexibility index (Phi) is 5.56. The van der Waals surface area contributed by atoms with Gasteiger partial charge in [0.05, 0.1) is 0 Å². The monoisotopic (exact) mass is 386 g/mol. The molecule has 5 nitrogen and oxygen atoms in total. The lowest BCUT2D eigenvalue weighted by molar-refractivity contribution is 0.0728. The molecule has 1 aliphatic rings. The highest BCUT2D eigenvalue weighted by Crippen LogP contribution is 2.22. The van der Waals surface area contributed by atoms with Crippen molar-refractivity contribution in [1.29, 1.82) is 0 Å². The summed E-state index contributed by atoms with van der Waals surface area (Å²) in [5.74, 6) is 0.742. The van der Waals surface area contributed by atoms with Gasteiger partial charge in [-0.05, 0) is 37.0 Å². The molecule has 0 N–H and O–H groups in total. The highest BCUT2D eigenvalue weighted by molar-refractivity contribution is 5.93. The van der Waals surface area contributed by atoms with E-state index in [1.165, 1.54) is 23.0 Å². The fourth-order valence-electron chi connectivity index (χ4n) is 3.76. The molecule has 0 saturated carbocycles. The molecule has 4 rings (SSSR count). The summed E-state index contributed by atoms with van der Waals surface area (Å²) >= 11 is 0. The fourth-order valence-corrected chi connectivity index (χ4v) is 3.76. The van der Waals surface area contributed by atoms with E-state index in [9.17, 15) is 4.79 Å². The highest BCUT2D eigenvalue weighted by atomic mass is 16.2. The molecule has 148 valence electrons. The minimum absolute atomic E-state index is 0.0356. The van der Waals surface area contributed by atoms with Crippen molar-refractivity contribution in [1.82, 2.24) is 14.9 Å². The maximum atomic E-state index is 13.1. The number of hydrogen-bond acceptors (Lipinski definition) is 4. The van der Waals surface area contributed by atoms with E-state index < -0.39 is 0 Å². The number of hydrogen-bond donors (Lipinski definition) is 0. The van der Waals surface area contributed by atoms with Crippen LogP contribution in [0.4, 0.5) is 5.82 Å². The fraction of sp³-hybridized carbons (Fsp3) is 0.292. The van der Waals surface area contributed by atoms with E-state index in [0.717, 1.165) is 18.8 Å². The van der Waals surface area contributed by atoms with Crippen LogP contribution in [-0.2, 0) is 19.5 Å². The van der Waals surface area contributed by atoms with E-state index in [-0.39, 0.29) is 11.9 Å². The maximum absolute atomic E-state index is 13.1. The van der Waals surface area contributed by atoms with Crippen LogP contribution in [0.2, 0.25) is 0 Å². The smallest absolute Gasteiger partial charge is 0.272 e. The molecule has 0 atom stereocenters. The zero-order valence-corrected chi connectivity index (χ0v) is 17.0. The molecule has 0 aliphatic carbocycles. The lowest BCUT2D eigenvalue weighted by atomic mass is 10.00. The summed E-state index contributed by atoms with van der Waals surface area (Å²) in [7, 11) is 0. The van der Waals surface area contributed by atoms with Gasteiger partial charge in [-0.2, -0.15) is 0 Å². The molecule has 29 heavy (non-hydrogen) atoms. The van der Waals surface area contributed by atoms with Gasteiger partial charge in [0.15, 0.2) is 0 Å². The molecule has 2 aromatic carbocycles. The van der Waals surface area contributed by atoms with E-state index in [1.807, 2.05) is 35.2 Å². The molecule has 0 fully saturated rings. The lowest BCUT2D eigenvalue weighted by Gasteiger charge is -2.30. The number of carbonyl (C=O) groups is 1. The van der Waals surface area contributed by atoms with Crippen LogP contribution in [0, 0.1) is 0 Å². The average molecular weight is 386 g/mol. The van der Waals surface area contributed by atoms with Gasteiger partial charge >= 0.3 is 0 Å². The largest absolute Gasteiger partial charge is 0.350 e. The Hall–Kier alpha value is -3.21. The SMILES string of the molecule is CC(C)N(Cc1ccccc1)c1cc(C(=O)N2CCc3ccccc3C2)ncn1. The zero-order chi connectivity index (χ0) is 20.2. The Bertz CT molecular complexity index is 987. The second kappa shape index (κ2) is 8.43. The van der Waals surface area contributed by atoms with Gasteiger partial charge < -0.3 is 9.80 Å². The quantitative estimate of drug-likeness (QED) is 0.663. The summed E-state index contributed by atoms with van der Waals surface area (Å²) in [5, 5.41) is 0. The highest BCUT2D eigenvalue weighted by Gasteiger charge is 2.23. The summed E-state index contributed by atoms with van der Waals surface area (Å²) in [6, 6.07) is 20.7. The van der Waals surface area contributed by atoms with Gasteiger partial charge in [-0.25, -0.2) is 9.97 Å². The van der Waals surface area contributed by atoms with Crippen LogP contribution in [0.5, 0.6) is 0 Å². The topological polar surface area (TPSA) is 49.3 Å². The van der Waals surface area contributed by atoms with Crippen molar-refractivity contribution in [3.63, 3.8) is 0 Å². The third-order valence-electron chi connectivity index (χ3n) is 5.40. The van der Waals surface area contributed by atoms with Crippen LogP contribution in [0.25, 0.3) is 0 Å². The van der Waals surface area contributed by atoms with Crippen LogP contribution in [0.1, 0.15) is 41.0 Å². The van der Waals surface area contributed by atoms with Gasteiger partial charge in [-0.15, -0.1) is 0 Å². The van der Waals surface area contributed by atoms with E-state index in [1.54, 1.807) is 0 Å². The summed E-state index contributed by atoms with van der Waals surface area (Å²) in [4.78, 5) is 26.0. The number of amides is 1. The molecule has 1 aromatic heterocycles. The molecule has 0 saturated heterocycles. The lowest BCUT2D eigenvalue weighted by Crippen LogP contribution is -2.37. The normalized spacial score (nSPS) is 13.3. The molecular formula is C24H26N4O. The molecule has 0 radical (unpaired) electrons. The summed E-state index contributed by atoms with van der Waals surface area (Å²) < 4.78 is 0. The van der Waals surface area contributed by atoms with Gasteiger partial charge in [0, 0.05) is 31.7 Å². The standard InChI is InChI=1S/C24H26N4O/c1-18(2)28(15-19-8-4-3-5-9-19)23-14-22(25-17-26-23)24(29)27-13-12-20-10-6-7-11-21(20)16-27/h3-11,14,17-18H,12-13,15-16H2,1-2H3. The molecule has 5 heteroatoms. The van der Waals surface area contributed by atoms with Crippen molar-refractivity contribution < 1.29 is 4.79 Å². The van der Waals surface area contributed by atoms with Gasteiger partial charge in [0.25, 0.3) is 5.91 Å². The Morgan fingerprint density at radius 2 is 1.76 bits per heavy atom. The Morgan fingerprint density at radius 1 is 1.03 bits per heavy atom. The van der Waals surface area contributed by atoms with E-state index in [0.29, 0.717) is 18.8 Å². The van der Waals surface area contributed by atoms with Crippen LogP contribution in [0.3, 0.4) is 0 Å². The molecular weight excluding hydrogens is 360 g/mol. The van der Waals surface area contributed by atoms with Gasteiger partial charge in [-0.3, -0.25) is 4.79 Å². The number of benzene rings is 2. The number of fused-ring (bicyclic) bond motifs is 1. The summed E-state index contributed by atoms with van der Waals surface area (Å²) in [6.07, 6.45) is 2.38. The molecule has 1 amide bonds. The first-order valence-corrected chi connectivity index (χ1v) is 10.1. The van der Waals surface area contributed by atoms with E-state index in [4.69, 9.17) is 0 Å². The molecule has 3 aromatic rings. The maximum Gasteiger partial charge on any atom is 0.272 e. The number of nitrogens with zero attached hydrogens (tertiary/aromatic N) is 4. The third kappa shape index (κ3) is 4.29.